The van der Waals surface area contributed by atoms with Crippen molar-refractivity contribution in [3.05, 3.63) is 93.7 Å². The van der Waals surface area contributed by atoms with Crippen LogP contribution in [0.5, 0.6) is 0 Å². The minimum Gasteiger partial charge on any atom is -0.302 e. The van der Waals surface area contributed by atoms with Crippen LogP contribution >= 0.6 is 23.2 Å². The first kappa shape index (κ1) is 18.8. The van der Waals surface area contributed by atoms with E-state index in [-0.39, 0.29) is 12.0 Å². The number of pyridine rings is 1. The normalized spacial score (nSPS) is 11.9. The van der Waals surface area contributed by atoms with Crippen molar-refractivity contribution in [2.45, 2.75) is 12.6 Å². The van der Waals surface area contributed by atoms with E-state index in [1.807, 2.05) is 0 Å². The van der Waals surface area contributed by atoms with Gasteiger partial charge in [-0.3, -0.25) is 0 Å². The van der Waals surface area contributed by atoms with Crippen molar-refractivity contribution in [2.75, 3.05) is 0 Å². The van der Waals surface area contributed by atoms with E-state index in [0.717, 1.165) is 11.6 Å². The minimum atomic E-state index is -4.44. The number of halogens is 5. The minimum absolute atomic E-state index is 0.0507. The molecule has 4 aromatic rings. The summed E-state index contributed by atoms with van der Waals surface area (Å²) in [5.41, 5.74) is 2.10. The van der Waals surface area contributed by atoms with E-state index in [2.05, 4.69) is 4.98 Å². The number of aromatic nitrogens is 2. The fourth-order valence-electron chi connectivity index (χ4n) is 3.21. The standard InChI is InChI=1S/C21H13Cl2F3N2/c22-15-7-5-13(6-8-15)20-18(28-12-16(23)9-10-19(28)27-20)11-14-3-1-2-4-17(14)21(24,25)26/h1-10,12H,11H2. The zero-order chi connectivity index (χ0) is 19.9. The average Bonchev–Trinajstić information content (AvgIpc) is 3.00. The summed E-state index contributed by atoms with van der Waals surface area (Å²) in [4.78, 5) is 4.62. The highest BCUT2D eigenvalue weighted by molar-refractivity contribution is 6.30. The van der Waals surface area contributed by atoms with Gasteiger partial charge in [-0.2, -0.15) is 13.2 Å². The third-order valence-electron chi connectivity index (χ3n) is 4.48. The molecule has 0 N–H and O–H groups in total. The Morgan fingerprint density at radius 2 is 1.54 bits per heavy atom. The molecule has 0 radical (unpaired) electrons. The lowest BCUT2D eigenvalue weighted by molar-refractivity contribution is -0.138. The second-order valence-corrected chi connectivity index (χ2v) is 7.19. The molecule has 0 unspecified atom stereocenters. The SMILES string of the molecule is FC(F)(F)c1ccccc1Cc1c(-c2ccc(Cl)cc2)nc2ccc(Cl)cn12. The van der Waals surface area contributed by atoms with Gasteiger partial charge in [0.15, 0.2) is 0 Å². The topological polar surface area (TPSA) is 17.3 Å². The Kier molecular flexibility index (Phi) is 4.81. The highest BCUT2D eigenvalue weighted by atomic mass is 35.5. The predicted molar refractivity (Wildman–Crippen MR) is 105 cm³/mol. The number of nitrogens with zero attached hydrogens (tertiary/aromatic N) is 2. The Labute approximate surface area is 169 Å². The Morgan fingerprint density at radius 3 is 2.25 bits per heavy atom. The maximum atomic E-state index is 13.5. The van der Waals surface area contributed by atoms with Crippen molar-refractivity contribution in [2.24, 2.45) is 0 Å². The molecule has 2 aromatic carbocycles. The van der Waals surface area contributed by atoms with Crippen molar-refractivity contribution < 1.29 is 13.2 Å². The van der Waals surface area contributed by atoms with Crippen LogP contribution in [0.4, 0.5) is 13.2 Å². The molecule has 2 nitrogen and oxygen atoms in total. The van der Waals surface area contributed by atoms with Gasteiger partial charge in [0.25, 0.3) is 0 Å². The molecule has 0 amide bonds. The van der Waals surface area contributed by atoms with Crippen LogP contribution < -0.4 is 0 Å². The molecule has 28 heavy (non-hydrogen) atoms. The summed E-state index contributed by atoms with van der Waals surface area (Å²) >= 11 is 12.1. The molecule has 142 valence electrons. The number of rotatable bonds is 3. The number of alkyl halides is 3. The van der Waals surface area contributed by atoms with Crippen LogP contribution in [0.25, 0.3) is 16.9 Å². The maximum Gasteiger partial charge on any atom is 0.416 e. The molecular formula is C21H13Cl2F3N2. The summed E-state index contributed by atoms with van der Waals surface area (Å²) in [5.74, 6) is 0. The van der Waals surface area contributed by atoms with Gasteiger partial charge in [0.1, 0.15) is 5.65 Å². The van der Waals surface area contributed by atoms with Gasteiger partial charge in [0.05, 0.1) is 22.0 Å². The van der Waals surface area contributed by atoms with Crippen LogP contribution in [-0.2, 0) is 12.6 Å². The van der Waals surface area contributed by atoms with E-state index in [1.54, 1.807) is 53.1 Å². The van der Waals surface area contributed by atoms with Gasteiger partial charge in [-0.05, 0) is 35.9 Å². The summed E-state index contributed by atoms with van der Waals surface area (Å²) < 4.78 is 42.1. The molecule has 0 fully saturated rings. The number of imidazole rings is 1. The first-order chi connectivity index (χ1) is 13.3. The Morgan fingerprint density at radius 1 is 0.857 bits per heavy atom. The first-order valence-electron chi connectivity index (χ1n) is 8.40. The molecule has 0 saturated heterocycles. The average molecular weight is 421 g/mol. The number of hydrogen-bond donors (Lipinski definition) is 0. The van der Waals surface area contributed by atoms with Crippen LogP contribution in [-0.4, -0.2) is 9.38 Å². The number of fused-ring (bicyclic) bond motifs is 1. The van der Waals surface area contributed by atoms with Crippen molar-refractivity contribution in [1.29, 1.82) is 0 Å². The van der Waals surface area contributed by atoms with E-state index in [1.165, 1.54) is 12.1 Å². The van der Waals surface area contributed by atoms with E-state index < -0.39 is 11.7 Å². The lowest BCUT2D eigenvalue weighted by Crippen LogP contribution is -2.10. The van der Waals surface area contributed by atoms with Gasteiger partial charge in [-0.25, -0.2) is 4.98 Å². The second-order valence-electron chi connectivity index (χ2n) is 6.32. The predicted octanol–water partition coefficient (Wildman–Crippen LogP) is 6.92. The summed E-state index contributed by atoms with van der Waals surface area (Å²) in [6.45, 7) is 0. The summed E-state index contributed by atoms with van der Waals surface area (Å²) in [7, 11) is 0. The van der Waals surface area contributed by atoms with Crippen LogP contribution in [0.15, 0.2) is 66.9 Å². The fourth-order valence-corrected chi connectivity index (χ4v) is 3.49. The van der Waals surface area contributed by atoms with Crippen LogP contribution in [0.2, 0.25) is 10.0 Å². The second kappa shape index (κ2) is 7.15. The molecule has 0 aliphatic heterocycles. The highest BCUT2D eigenvalue weighted by Crippen LogP contribution is 2.35. The molecule has 0 aliphatic carbocycles. The van der Waals surface area contributed by atoms with Gasteiger partial charge in [0.2, 0.25) is 0 Å². The molecule has 0 bridgehead atoms. The molecular weight excluding hydrogens is 408 g/mol. The molecule has 7 heteroatoms. The van der Waals surface area contributed by atoms with Gasteiger partial charge >= 0.3 is 6.18 Å². The first-order valence-corrected chi connectivity index (χ1v) is 9.16. The molecule has 0 saturated carbocycles. The quantitative estimate of drug-likeness (QED) is 0.351. The zero-order valence-corrected chi connectivity index (χ0v) is 15.9. The van der Waals surface area contributed by atoms with E-state index >= 15 is 0 Å². The summed E-state index contributed by atoms with van der Waals surface area (Å²) in [6, 6.07) is 16.0. The van der Waals surface area contributed by atoms with Crippen molar-refractivity contribution in [3.8, 4) is 11.3 Å². The van der Waals surface area contributed by atoms with Gasteiger partial charge in [-0.1, -0.05) is 53.5 Å². The van der Waals surface area contributed by atoms with Crippen LogP contribution in [0.3, 0.4) is 0 Å². The molecule has 4 rings (SSSR count). The van der Waals surface area contributed by atoms with Crippen molar-refractivity contribution in [1.82, 2.24) is 9.38 Å². The van der Waals surface area contributed by atoms with Crippen molar-refractivity contribution in [3.63, 3.8) is 0 Å². The third kappa shape index (κ3) is 3.60. The van der Waals surface area contributed by atoms with Crippen LogP contribution in [0.1, 0.15) is 16.8 Å². The van der Waals surface area contributed by atoms with E-state index in [4.69, 9.17) is 23.2 Å². The largest absolute Gasteiger partial charge is 0.416 e. The summed E-state index contributed by atoms with van der Waals surface area (Å²) in [6.07, 6.45) is -2.72. The third-order valence-corrected chi connectivity index (χ3v) is 4.96. The van der Waals surface area contributed by atoms with Crippen molar-refractivity contribution >= 4 is 28.8 Å². The molecule has 2 heterocycles. The lowest BCUT2D eigenvalue weighted by Gasteiger charge is -2.13. The van der Waals surface area contributed by atoms with Gasteiger partial charge in [-0.15, -0.1) is 0 Å². The summed E-state index contributed by atoms with van der Waals surface area (Å²) in [5, 5.41) is 1.04. The lowest BCUT2D eigenvalue weighted by atomic mass is 9.99. The number of benzene rings is 2. The highest BCUT2D eigenvalue weighted by Gasteiger charge is 2.33. The number of hydrogen-bond acceptors (Lipinski definition) is 1. The Hall–Kier alpha value is -2.50. The molecule has 0 aliphatic rings. The molecule has 0 spiro atoms. The molecule has 2 aromatic heterocycles. The Bertz CT molecular complexity index is 1150. The van der Waals surface area contributed by atoms with E-state index in [0.29, 0.717) is 27.1 Å². The molecule has 0 atom stereocenters. The zero-order valence-electron chi connectivity index (χ0n) is 14.3. The van der Waals surface area contributed by atoms with E-state index in [9.17, 15) is 13.2 Å². The van der Waals surface area contributed by atoms with Gasteiger partial charge < -0.3 is 4.40 Å². The maximum absolute atomic E-state index is 13.5. The van der Waals surface area contributed by atoms with Crippen LogP contribution in [0, 0.1) is 0 Å². The van der Waals surface area contributed by atoms with Gasteiger partial charge in [0, 0.05) is 23.2 Å². The fraction of sp³-hybridized carbons (Fsp3) is 0.0952. The smallest absolute Gasteiger partial charge is 0.302 e. The Balaban J connectivity index is 1.92. The monoisotopic (exact) mass is 420 g/mol.